The summed E-state index contributed by atoms with van der Waals surface area (Å²) in [5, 5.41) is 0. The number of benzene rings is 1. The Morgan fingerprint density at radius 2 is 1.84 bits per heavy atom. The van der Waals surface area contributed by atoms with Crippen LogP contribution >= 0.6 is 11.8 Å². The average molecular weight is 277 g/mol. The smallest absolute Gasteiger partial charge is 0.182 e. The first-order chi connectivity index (χ1) is 8.93. The van der Waals surface area contributed by atoms with Crippen molar-refractivity contribution in [3.63, 3.8) is 0 Å². The number of thioether (sulfide) groups is 1. The molecule has 1 aromatic rings. The second-order valence-electron chi connectivity index (χ2n) is 5.81. The normalized spacial score (nSPS) is 17.5. The lowest BCUT2D eigenvalue weighted by molar-refractivity contribution is 0.0667. The van der Waals surface area contributed by atoms with Gasteiger partial charge in [0.15, 0.2) is 5.78 Å². The van der Waals surface area contributed by atoms with E-state index in [-0.39, 0.29) is 5.78 Å². The molecule has 2 rings (SSSR count). The summed E-state index contributed by atoms with van der Waals surface area (Å²) in [6.07, 6.45) is 0. The molecule has 1 fully saturated rings. The van der Waals surface area contributed by atoms with Gasteiger partial charge >= 0.3 is 0 Å². The SMILES string of the molecule is Cc1ccc(C(=O)C(C)(C)N2CCSCC2)c(C)c1. The molecule has 0 aromatic heterocycles. The van der Waals surface area contributed by atoms with Crippen LogP contribution in [0.1, 0.15) is 35.3 Å². The molecule has 0 spiro atoms. The number of carbonyl (C=O) groups is 1. The molecular formula is C16H23NOS. The van der Waals surface area contributed by atoms with Gasteiger partial charge in [0.05, 0.1) is 5.54 Å². The van der Waals surface area contributed by atoms with Crippen molar-refractivity contribution < 1.29 is 4.79 Å². The topological polar surface area (TPSA) is 20.3 Å². The van der Waals surface area contributed by atoms with Crippen LogP contribution in [0, 0.1) is 13.8 Å². The van der Waals surface area contributed by atoms with Gasteiger partial charge in [0.1, 0.15) is 0 Å². The Hall–Kier alpha value is -0.800. The number of hydrogen-bond donors (Lipinski definition) is 0. The second-order valence-corrected chi connectivity index (χ2v) is 7.03. The molecule has 0 amide bonds. The monoisotopic (exact) mass is 277 g/mol. The molecule has 0 radical (unpaired) electrons. The Labute approximate surface area is 120 Å². The highest BCUT2D eigenvalue weighted by Gasteiger charge is 2.36. The fourth-order valence-corrected chi connectivity index (χ4v) is 3.57. The molecule has 0 aliphatic carbocycles. The molecule has 1 saturated heterocycles. The van der Waals surface area contributed by atoms with Gasteiger partial charge in [0.2, 0.25) is 0 Å². The number of Topliss-reactive ketones (excluding diaryl/α,β-unsaturated/α-hetero) is 1. The lowest BCUT2D eigenvalue weighted by Crippen LogP contribution is -2.53. The minimum Gasteiger partial charge on any atom is -0.292 e. The summed E-state index contributed by atoms with van der Waals surface area (Å²) in [6, 6.07) is 6.10. The summed E-state index contributed by atoms with van der Waals surface area (Å²) in [5.41, 5.74) is 2.76. The highest BCUT2D eigenvalue weighted by atomic mass is 32.2. The van der Waals surface area contributed by atoms with E-state index in [2.05, 4.69) is 31.7 Å². The Balaban J connectivity index is 2.26. The predicted molar refractivity (Wildman–Crippen MR) is 83.2 cm³/mol. The molecule has 19 heavy (non-hydrogen) atoms. The molecule has 0 saturated carbocycles. The molecular weight excluding hydrogens is 254 g/mol. The van der Waals surface area contributed by atoms with Crippen LogP contribution in [0.5, 0.6) is 0 Å². The summed E-state index contributed by atoms with van der Waals surface area (Å²) in [5.74, 6) is 2.50. The van der Waals surface area contributed by atoms with E-state index in [4.69, 9.17) is 0 Å². The first-order valence-electron chi connectivity index (χ1n) is 6.88. The summed E-state index contributed by atoms with van der Waals surface area (Å²) >= 11 is 1.97. The summed E-state index contributed by atoms with van der Waals surface area (Å²) in [7, 11) is 0. The van der Waals surface area contributed by atoms with E-state index >= 15 is 0 Å². The predicted octanol–water partition coefficient (Wildman–Crippen LogP) is 3.31. The van der Waals surface area contributed by atoms with Crippen LogP contribution in [0.25, 0.3) is 0 Å². The van der Waals surface area contributed by atoms with Gasteiger partial charge in [-0.25, -0.2) is 0 Å². The van der Waals surface area contributed by atoms with Crippen molar-refractivity contribution in [1.29, 1.82) is 0 Å². The number of nitrogens with zero attached hydrogens (tertiary/aromatic N) is 1. The van der Waals surface area contributed by atoms with E-state index in [0.29, 0.717) is 0 Å². The summed E-state index contributed by atoms with van der Waals surface area (Å²) < 4.78 is 0. The number of hydrogen-bond acceptors (Lipinski definition) is 3. The van der Waals surface area contributed by atoms with Crippen LogP contribution in [-0.4, -0.2) is 40.8 Å². The van der Waals surface area contributed by atoms with E-state index in [9.17, 15) is 4.79 Å². The molecule has 1 aliphatic heterocycles. The first-order valence-corrected chi connectivity index (χ1v) is 8.03. The van der Waals surface area contributed by atoms with Crippen LogP contribution in [0.2, 0.25) is 0 Å². The number of ketones is 1. The third kappa shape index (κ3) is 3.03. The van der Waals surface area contributed by atoms with Gasteiger partial charge in [-0.1, -0.05) is 23.8 Å². The fourth-order valence-electron chi connectivity index (χ4n) is 2.66. The van der Waals surface area contributed by atoms with Gasteiger partial charge in [-0.15, -0.1) is 0 Å². The average Bonchev–Trinajstić information content (AvgIpc) is 2.39. The third-order valence-electron chi connectivity index (χ3n) is 3.98. The van der Waals surface area contributed by atoms with Crippen molar-refractivity contribution in [2.24, 2.45) is 0 Å². The number of rotatable bonds is 3. The molecule has 1 aliphatic rings. The van der Waals surface area contributed by atoms with Crippen LogP contribution in [0.15, 0.2) is 18.2 Å². The zero-order valence-electron chi connectivity index (χ0n) is 12.3. The van der Waals surface area contributed by atoms with E-state index in [1.807, 2.05) is 30.8 Å². The van der Waals surface area contributed by atoms with Gasteiger partial charge < -0.3 is 0 Å². The molecule has 2 nitrogen and oxygen atoms in total. The molecule has 1 aromatic carbocycles. The van der Waals surface area contributed by atoms with Crippen LogP contribution < -0.4 is 0 Å². The van der Waals surface area contributed by atoms with Crippen molar-refractivity contribution in [3.05, 3.63) is 34.9 Å². The van der Waals surface area contributed by atoms with E-state index in [0.717, 1.165) is 35.7 Å². The zero-order valence-corrected chi connectivity index (χ0v) is 13.1. The molecule has 0 N–H and O–H groups in total. The Bertz CT molecular complexity index is 476. The summed E-state index contributed by atoms with van der Waals surface area (Å²) in [4.78, 5) is 15.2. The standard InChI is InChI=1S/C16H23NOS/c1-12-5-6-14(13(2)11-12)15(18)16(3,4)17-7-9-19-10-8-17/h5-6,11H,7-10H2,1-4H3. The van der Waals surface area contributed by atoms with E-state index in [1.165, 1.54) is 5.56 Å². The fraction of sp³-hybridized carbons (Fsp3) is 0.562. The van der Waals surface area contributed by atoms with Crippen molar-refractivity contribution in [1.82, 2.24) is 4.90 Å². The molecule has 3 heteroatoms. The van der Waals surface area contributed by atoms with Crippen molar-refractivity contribution in [2.75, 3.05) is 24.6 Å². The Morgan fingerprint density at radius 3 is 2.42 bits per heavy atom. The van der Waals surface area contributed by atoms with Gasteiger partial charge in [-0.3, -0.25) is 9.69 Å². The van der Waals surface area contributed by atoms with E-state index in [1.54, 1.807) is 0 Å². The Kier molecular flexibility index (Phi) is 4.36. The number of aryl methyl sites for hydroxylation is 2. The van der Waals surface area contributed by atoms with Gasteiger partial charge in [-0.2, -0.15) is 11.8 Å². The lowest BCUT2D eigenvalue weighted by atomic mass is 9.88. The van der Waals surface area contributed by atoms with Crippen LogP contribution in [0.3, 0.4) is 0 Å². The van der Waals surface area contributed by atoms with E-state index < -0.39 is 5.54 Å². The third-order valence-corrected chi connectivity index (χ3v) is 4.93. The van der Waals surface area contributed by atoms with Gasteiger partial charge in [0.25, 0.3) is 0 Å². The maximum absolute atomic E-state index is 12.8. The Morgan fingerprint density at radius 1 is 1.21 bits per heavy atom. The largest absolute Gasteiger partial charge is 0.292 e. The second kappa shape index (κ2) is 5.68. The van der Waals surface area contributed by atoms with Gasteiger partial charge in [-0.05, 0) is 33.3 Å². The van der Waals surface area contributed by atoms with Crippen LogP contribution in [0.4, 0.5) is 0 Å². The first kappa shape index (κ1) is 14.6. The molecule has 0 atom stereocenters. The highest BCUT2D eigenvalue weighted by Crippen LogP contribution is 2.25. The van der Waals surface area contributed by atoms with Crippen molar-refractivity contribution in [2.45, 2.75) is 33.2 Å². The summed E-state index contributed by atoms with van der Waals surface area (Å²) in [6.45, 7) is 10.2. The maximum Gasteiger partial charge on any atom is 0.182 e. The highest BCUT2D eigenvalue weighted by molar-refractivity contribution is 7.99. The molecule has 0 bridgehead atoms. The molecule has 0 unspecified atom stereocenters. The van der Waals surface area contributed by atoms with Crippen molar-refractivity contribution >= 4 is 17.5 Å². The quantitative estimate of drug-likeness (QED) is 0.791. The van der Waals surface area contributed by atoms with Crippen LogP contribution in [-0.2, 0) is 0 Å². The lowest BCUT2D eigenvalue weighted by Gasteiger charge is -2.39. The van der Waals surface area contributed by atoms with Crippen molar-refractivity contribution in [3.8, 4) is 0 Å². The van der Waals surface area contributed by atoms with Gasteiger partial charge in [0, 0.05) is 30.2 Å². The minimum atomic E-state index is -0.402. The zero-order chi connectivity index (χ0) is 14.0. The molecule has 1 heterocycles. The maximum atomic E-state index is 12.8. The number of carbonyl (C=O) groups excluding carboxylic acids is 1. The molecule has 104 valence electrons. The minimum absolute atomic E-state index is 0.247.